The Balaban J connectivity index is 1.74. The summed E-state index contributed by atoms with van der Waals surface area (Å²) in [4.78, 5) is 17.3. The van der Waals surface area contributed by atoms with E-state index in [2.05, 4.69) is 4.98 Å². The van der Waals surface area contributed by atoms with Gasteiger partial charge < -0.3 is 19.5 Å². The number of aromatic nitrogens is 2. The fourth-order valence-electron chi connectivity index (χ4n) is 3.53. The van der Waals surface area contributed by atoms with Gasteiger partial charge in [0.15, 0.2) is 4.88 Å². The van der Waals surface area contributed by atoms with Crippen LogP contribution in [0.15, 0.2) is 54.9 Å². The van der Waals surface area contributed by atoms with Crippen molar-refractivity contribution in [1.29, 1.82) is 0 Å². The van der Waals surface area contributed by atoms with Gasteiger partial charge in [0.05, 0.1) is 29.4 Å². The molecule has 0 radical (unpaired) electrons. The van der Waals surface area contributed by atoms with E-state index in [4.69, 9.17) is 9.47 Å². The lowest BCUT2D eigenvalue weighted by molar-refractivity contribution is -0.139. The van der Waals surface area contributed by atoms with E-state index in [-0.39, 0.29) is 21.7 Å². The number of carbonyl (C=O) groups excluding carboxylic acids is 1. The van der Waals surface area contributed by atoms with Gasteiger partial charge in [-0.2, -0.15) is 13.2 Å². The summed E-state index contributed by atoms with van der Waals surface area (Å²) in [5.74, 6) is -0.615. The zero-order valence-corrected chi connectivity index (χ0v) is 18.7. The first kappa shape index (κ1) is 23.8. The van der Waals surface area contributed by atoms with Crippen molar-refractivity contribution in [3.05, 3.63) is 70.9 Å². The Bertz CT molecular complexity index is 1350. The molecular weight excluding hydrogens is 472 g/mol. The topological polar surface area (TPSA) is 93.3 Å². The number of hydrogen-bond donors (Lipinski definition) is 2. The van der Waals surface area contributed by atoms with Crippen LogP contribution in [0.2, 0.25) is 0 Å². The van der Waals surface area contributed by atoms with Crippen molar-refractivity contribution in [1.82, 2.24) is 9.38 Å². The molecule has 0 bridgehead atoms. The fourth-order valence-corrected chi connectivity index (χ4v) is 4.54. The molecule has 3 heterocycles. The highest BCUT2D eigenvalue weighted by molar-refractivity contribution is 7.17. The zero-order valence-electron chi connectivity index (χ0n) is 17.9. The minimum Gasteiger partial charge on any atom is -0.484 e. The highest BCUT2D eigenvalue weighted by atomic mass is 32.1. The summed E-state index contributed by atoms with van der Waals surface area (Å²) in [6, 6.07) is 9.64. The molecule has 0 spiro atoms. The number of ether oxygens (including phenoxy) is 2. The Morgan fingerprint density at radius 1 is 1.21 bits per heavy atom. The normalized spacial score (nSPS) is 12.6. The number of benzene rings is 1. The van der Waals surface area contributed by atoms with Gasteiger partial charge in [-0.1, -0.05) is 18.2 Å². The van der Waals surface area contributed by atoms with Crippen molar-refractivity contribution in [2.75, 3.05) is 7.11 Å². The van der Waals surface area contributed by atoms with Crippen LogP contribution in [0.25, 0.3) is 16.2 Å². The molecule has 1 aromatic carbocycles. The van der Waals surface area contributed by atoms with Gasteiger partial charge >= 0.3 is 19.3 Å². The molecule has 0 aliphatic carbocycles. The highest BCUT2D eigenvalue weighted by Crippen LogP contribution is 2.41. The van der Waals surface area contributed by atoms with Crippen LogP contribution in [-0.2, 0) is 10.9 Å². The molecule has 1 unspecified atom stereocenters. The molecule has 1 atom stereocenters. The molecule has 0 amide bonds. The quantitative estimate of drug-likeness (QED) is 0.317. The van der Waals surface area contributed by atoms with Crippen LogP contribution in [0.1, 0.15) is 33.8 Å². The van der Waals surface area contributed by atoms with Crippen molar-refractivity contribution in [2.24, 2.45) is 0 Å². The number of rotatable bonds is 6. The van der Waals surface area contributed by atoms with Crippen LogP contribution in [-0.4, -0.2) is 39.6 Å². The van der Waals surface area contributed by atoms with Crippen LogP contribution in [0.5, 0.6) is 5.75 Å². The first-order chi connectivity index (χ1) is 16.1. The van der Waals surface area contributed by atoms with Crippen molar-refractivity contribution in [2.45, 2.75) is 19.2 Å². The lowest BCUT2D eigenvalue weighted by Crippen LogP contribution is -2.29. The first-order valence-electron chi connectivity index (χ1n) is 9.98. The Morgan fingerprint density at radius 3 is 2.62 bits per heavy atom. The van der Waals surface area contributed by atoms with Gasteiger partial charge in [0.1, 0.15) is 17.5 Å². The largest absolute Gasteiger partial charge is 0.488 e. The van der Waals surface area contributed by atoms with Crippen molar-refractivity contribution >= 4 is 35.5 Å². The van der Waals surface area contributed by atoms with E-state index in [0.717, 1.165) is 17.4 Å². The summed E-state index contributed by atoms with van der Waals surface area (Å²) >= 11 is 1.04. The molecule has 4 aromatic rings. The molecule has 3 aromatic heterocycles. The van der Waals surface area contributed by atoms with Crippen LogP contribution >= 0.6 is 11.3 Å². The highest BCUT2D eigenvalue weighted by Gasteiger charge is 2.35. The van der Waals surface area contributed by atoms with Crippen LogP contribution < -0.4 is 10.2 Å². The van der Waals surface area contributed by atoms with Crippen LogP contribution in [0.4, 0.5) is 13.2 Å². The SMILES string of the molecule is COC(=O)c1sc(-c2cnc3cc(B(O)O)ccn23)cc1OC(C)c1ccccc1C(F)(F)F. The molecular formula is C22H18BF3N2O5S. The first-order valence-corrected chi connectivity index (χ1v) is 10.8. The van der Waals surface area contributed by atoms with Crippen molar-refractivity contribution < 1.29 is 37.5 Å². The predicted octanol–water partition coefficient (Wildman–Crippen LogP) is 3.69. The summed E-state index contributed by atoms with van der Waals surface area (Å²) in [7, 11) is -0.456. The summed E-state index contributed by atoms with van der Waals surface area (Å²) in [5, 5.41) is 18.7. The number of methoxy groups -OCH3 is 1. The second-order valence-corrected chi connectivity index (χ2v) is 8.40. The number of imidazole rings is 1. The average molecular weight is 490 g/mol. The Morgan fingerprint density at radius 2 is 1.94 bits per heavy atom. The smallest absolute Gasteiger partial charge is 0.484 e. The van der Waals surface area contributed by atoms with Gasteiger partial charge in [0.25, 0.3) is 0 Å². The number of alkyl halides is 3. The van der Waals surface area contributed by atoms with Gasteiger partial charge in [-0.05, 0) is 30.6 Å². The number of esters is 1. The van der Waals surface area contributed by atoms with E-state index < -0.39 is 30.9 Å². The Labute approximate surface area is 196 Å². The summed E-state index contributed by atoms with van der Waals surface area (Å²) in [6.45, 7) is 1.47. The molecule has 0 aliphatic heterocycles. The molecule has 12 heteroatoms. The average Bonchev–Trinajstić information content (AvgIpc) is 3.41. The number of thiophene rings is 1. The minimum atomic E-state index is -4.56. The maximum absolute atomic E-state index is 13.5. The molecule has 34 heavy (non-hydrogen) atoms. The maximum atomic E-state index is 13.5. The Kier molecular flexibility index (Phi) is 6.39. The molecule has 0 aliphatic rings. The molecule has 176 valence electrons. The lowest BCUT2D eigenvalue weighted by atomic mass is 9.81. The number of nitrogens with zero attached hydrogens (tertiary/aromatic N) is 2. The van der Waals surface area contributed by atoms with Gasteiger partial charge in [-0.25, -0.2) is 9.78 Å². The van der Waals surface area contributed by atoms with E-state index in [1.807, 2.05) is 0 Å². The van der Waals surface area contributed by atoms with E-state index in [9.17, 15) is 28.0 Å². The van der Waals surface area contributed by atoms with E-state index in [1.54, 1.807) is 16.7 Å². The van der Waals surface area contributed by atoms with Gasteiger partial charge in [0.2, 0.25) is 0 Å². The fraction of sp³-hybridized carbons (Fsp3) is 0.182. The molecule has 2 N–H and O–H groups in total. The molecule has 7 nitrogen and oxygen atoms in total. The zero-order chi connectivity index (χ0) is 24.6. The van der Waals surface area contributed by atoms with Crippen LogP contribution in [0, 0.1) is 0 Å². The van der Waals surface area contributed by atoms with Gasteiger partial charge in [-0.3, -0.25) is 4.40 Å². The summed E-state index contributed by atoms with van der Waals surface area (Å²) in [5.41, 5.74) is 0.378. The third-order valence-corrected chi connectivity index (χ3v) is 6.28. The summed E-state index contributed by atoms with van der Waals surface area (Å²) < 4.78 is 52.7. The van der Waals surface area contributed by atoms with Crippen molar-refractivity contribution in [3.63, 3.8) is 0 Å². The number of fused-ring (bicyclic) bond motifs is 1. The second kappa shape index (κ2) is 9.13. The number of halogens is 3. The van der Waals surface area contributed by atoms with E-state index >= 15 is 0 Å². The molecule has 0 saturated carbocycles. The predicted molar refractivity (Wildman–Crippen MR) is 120 cm³/mol. The monoisotopic (exact) mass is 490 g/mol. The Hall–Kier alpha value is -3.35. The van der Waals surface area contributed by atoms with E-state index in [0.29, 0.717) is 16.2 Å². The maximum Gasteiger partial charge on any atom is 0.488 e. The van der Waals surface area contributed by atoms with Gasteiger partial charge in [0, 0.05) is 17.8 Å². The lowest BCUT2D eigenvalue weighted by Gasteiger charge is -2.19. The van der Waals surface area contributed by atoms with E-state index in [1.165, 1.54) is 50.6 Å². The molecule has 4 rings (SSSR count). The standard InChI is InChI=1S/C22H18BF3N2O5S/c1-12(14-5-3-4-6-15(14)22(24,25)26)33-17-10-18(34-20(17)21(29)32-2)16-11-27-19-9-13(23(30)31)7-8-28(16)19/h3-12,30-31H,1-2H3. The third kappa shape index (κ3) is 4.52. The van der Waals surface area contributed by atoms with Gasteiger partial charge in [-0.15, -0.1) is 11.3 Å². The minimum absolute atomic E-state index is 0.0662. The number of hydrogen-bond acceptors (Lipinski definition) is 7. The van der Waals surface area contributed by atoms with Crippen LogP contribution in [0.3, 0.4) is 0 Å². The third-order valence-electron chi connectivity index (χ3n) is 5.16. The number of carbonyl (C=O) groups is 1. The summed E-state index contributed by atoms with van der Waals surface area (Å²) in [6.07, 6.45) is -2.45. The number of pyridine rings is 1. The molecule has 0 fully saturated rings. The van der Waals surface area contributed by atoms with Crippen molar-refractivity contribution in [3.8, 4) is 16.3 Å². The molecule has 0 saturated heterocycles. The second-order valence-electron chi connectivity index (χ2n) is 7.35.